The van der Waals surface area contributed by atoms with Gasteiger partial charge in [-0.2, -0.15) is 0 Å². The molecule has 0 atom stereocenters. The van der Waals surface area contributed by atoms with Crippen LogP contribution >= 0.6 is 15.9 Å². The van der Waals surface area contributed by atoms with E-state index in [2.05, 4.69) is 51.4 Å². The molecule has 2 heteroatoms. The van der Waals surface area contributed by atoms with Crippen molar-refractivity contribution in [2.75, 3.05) is 5.33 Å². The first-order valence-electron chi connectivity index (χ1n) is 5.53. The molecule has 0 unspecified atom stereocenters. The Morgan fingerprint density at radius 2 is 1.93 bits per heavy atom. The maximum absolute atomic E-state index is 3.46. The maximum Gasteiger partial charge on any atom is 0.0456 e. The van der Waals surface area contributed by atoms with Crippen molar-refractivity contribution in [1.82, 2.24) is 4.98 Å². The van der Waals surface area contributed by atoms with Gasteiger partial charge in [0.15, 0.2) is 0 Å². The van der Waals surface area contributed by atoms with Gasteiger partial charge in [-0.1, -0.05) is 40.5 Å². The fourth-order valence-corrected chi connectivity index (χ4v) is 2.32. The van der Waals surface area contributed by atoms with E-state index in [9.17, 15) is 0 Å². The van der Waals surface area contributed by atoms with Crippen LogP contribution in [0.15, 0.2) is 30.5 Å². The molecule has 2 rings (SSSR count). The van der Waals surface area contributed by atoms with Crippen LogP contribution in [0.2, 0.25) is 0 Å². The van der Waals surface area contributed by atoms with Crippen LogP contribution in [0.5, 0.6) is 0 Å². The molecule has 0 fully saturated rings. The highest BCUT2D eigenvalue weighted by Crippen LogP contribution is 2.19. The molecule has 80 valence electrons. The molecule has 0 bridgehead atoms. The van der Waals surface area contributed by atoms with Crippen molar-refractivity contribution in [3.05, 3.63) is 36.0 Å². The Kier molecular flexibility index (Phi) is 3.84. The van der Waals surface area contributed by atoms with E-state index in [0.717, 1.165) is 5.33 Å². The second kappa shape index (κ2) is 5.36. The van der Waals surface area contributed by atoms with Crippen LogP contribution in [0.4, 0.5) is 0 Å². The van der Waals surface area contributed by atoms with Crippen LogP contribution < -0.4 is 0 Å². The van der Waals surface area contributed by atoms with Gasteiger partial charge in [0, 0.05) is 22.4 Å². The number of aryl methyl sites for hydroxylation is 1. The molecule has 1 heterocycles. The highest BCUT2D eigenvalue weighted by atomic mass is 79.9. The average Bonchev–Trinajstić information content (AvgIpc) is 2.68. The highest BCUT2D eigenvalue weighted by molar-refractivity contribution is 9.09. The van der Waals surface area contributed by atoms with Crippen LogP contribution in [0.1, 0.15) is 24.8 Å². The number of H-pyrrole nitrogens is 1. The van der Waals surface area contributed by atoms with E-state index in [1.807, 2.05) is 0 Å². The lowest BCUT2D eigenvalue weighted by Gasteiger charge is -1.98. The molecule has 0 radical (unpaired) electrons. The SMILES string of the molecule is BrCCCCCc1c[nH]c2ccccc12. The maximum atomic E-state index is 3.46. The van der Waals surface area contributed by atoms with E-state index in [-0.39, 0.29) is 0 Å². The first-order chi connectivity index (χ1) is 7.42. The summed E-state index contributed by atoms with van der Waals surface area (Å²) in [6, 6.07) is 8.52. The van der Waals surface area contributed by atoms with E-state index >= 15 is 0 Å². The van der Waals surface area contributed by atoms with Crippen LogP contribution in [0, 0.1) is 0 Å². The number of alkyl halides is 1. The van der Waals surface area contributed by atoms with Gasteiger partial charge in [-0.25, -0.2) is 0 Å². The minimum atomic E-state index is 1.13. The predicted molar refractivity (Wildman–Crippen MR) is 69.6 cm³/mol. The summed E-state index contributed by atoms with van der Waals surface area (Å²) in [5.74, 6) is 0. The summed E-state index contributed by atoms with van der Waals surface area (Å²) >= 11 is 3.46. The van der Waals surface area contributed by atoms with Gasteiger partial charge >= 0.3 is 0 Å². The lowest BCUT2D eigenvalue weighted by Crippen LogP contribution is -1.84. The fourth-order valence-electron chi connectivity index (χ4n) is 1.93. The number of halogens is 1. The van der Waals surface area contributed by atoms with Crippen molar-refractivity contribution in [2.24, 2.45) is 0 Å². The summed E-state index contributed by atoms with van der Waals surface area (Å²) < 4.78 is 0. The number of unbranched alkanes of at least 4 members (excludes halogenated alkanes) is 2. The second-order valence-electron chi connectivity index (χ2n) is 3.86. The number of rotatable bonds is 5. The van der Waals surface area contributed by atoms with Crippen LogP contribution in [0.25, 0.3) is 10.9 Å². The molecule has 1 N–H and O–H groups in total. The molecule has 0 saturated heterocycles. The van der Waals surface area contributed by atoms with Gasteiger partial charge in [-0.15, -0.1) is 0 Å². The molecule has 1 nitrogen and oxygen atoms in total. The minimum absolute atomic E-state index is 1.13. The van der Waals surface area contributed by atoms with E-state index in [1.54, 1.807) is 0 Å². The zero-order valence-corrected chi connectivity index (χ0v) is 10.4. The van der Waals surface area contributed by atoms with Crippen molar-refractivity contribution in [3.8, 4) is 0 Å². The van der Waals surface area contributed by atoms with Crippen LogP contribution in [-0.2, 0) is 6.42 Å². The zero-order valence-electron chi connectivity index (χ0n) is 8.80. The van der Waals surface area contributed by atoms with E-state index in [1.165, 1.54) is 42.1 Å². The number of nitrogens with one attached hydrogen (secondary N) is 1. The third-order valence-corrected chi connectivity index (χ3v) is 3.32. The molecule has 0 aliphatic heterocycles. The summed E-state index contributed by atoms with van der Waals surface area (Å²) in [5.41, 5.74) is 2.72. The third-order valence-electron chi connectivity index (χ3n) is 2.75. The molecular weight excluding hydrogens is 250 g/mol. The summed E-state index contributed by atoms with van der Waals surface area (Å²) in [4.78, 5) is 3.32. The van der Waals surface area contributed by atoms with Gasteiger partial charge in [0.25, 0.3) is 0 Å². The number of hydrogen-bond donors (Lipinski definition) is 1. The van der Waals surface area contributed by atoms with Gasteiger partial charge < -0.3 is 4.98 Å². The number of hydrogen-bond acceptors (Lipinski definition) is 0. The normalized spacial score (nSPS) is 11.0. The molecule has 0 spiro atoms. The predicted octanol–water partition coefficient (Wildman–Crippen LogP) is 4.28. The summed E-state index contributed by atoms with van der Waals surface area (Å²) in [7, 11) is 0. The summed E-state index contributed by atoms with van der Waals surface area (Å²) in [6.07, 6.45) is 7.22. The quantitative estimate of drug-likeness (QED) is 0.614. The zero-order chi connectivity index (χ0) is 10.5. The van der Waals surface area contributed by atoms with Gasteiger partial charge in [0.1, 0.15) is 0 Å². The number of aromatic amines is 1. The minimum Gasteiger partial charge on any atom is -0.361 e. The van der Waals surface area contributed by atoms with Crippen molar-refractivity contribution in [2.45, 2.75) is 25.7 Å². The van der Waals surface area contributed by atoms with E-state index in [4.69, 9.17) is 0 Å². The average molecular weight is 266 g/mol. The number of para-hydroxylation sites is 1. The van der Waals surface area contributed by atoms with Crippen LogP contribution in [0.3, 0.4) is 0 Å². The number of fused-ring (bicyclic) bond motifs is 1. The van der Waals surface area contributed by atoms with Crippen molar-refractivity contribution in [3.63, 3.8) is 0 Å². The van der Waals surface area contributed by atoms with Gasteiger partial charge in [0.05, 0.1) is 0 Å². The summed E-state index contributed by atoms with van der Waals surface area (Å²) in [5, 5.41) is 2.51. The fraction of sp³-hybridized carbons (Fsp3) is 0.385. The second-order valence-corrected chi connectivity index (χ2v) is 4.65. The molecule has 0 amide bonds. The van der Waals surface area contributed by atoms with Crippen LogP contribution in [-0.4, -0.2) is 10.3 Å². The topological polar surface area (TPSA) is 15.8 Å². The molecule has 15 heavy (non-hydrogen) atoms. The molecule has 1 aromatic heterocycles. The van der Waals surface area contributed by atoms with Crippen molar-refractivity contribution >= 4 is 26.8 Å². The Morgan fingerprint density at radius 3 is 2.80 bits per heavy atom. The van der Waals surface area contributed by atoms with Gasteiger partial charge in [-0.3, -0.25) is 0 Å². The highest BCUT2D eigenvalue weighted by Gasteiger charge is 2.01. The van der Waals surface area contributed by atoms with E-state index in [0.29, 0.717) is 0 Å². The molecular formula is C13H16BrN. The Bertz CT molecular complexity index is 419. The Hall–Kier alpha value is -0.760. The van der Waals surface area contributed by atoms with Crippen molar-refractivity contribution in [1.29, 1.82) is 0 Å². The molecule has 0 aliphatic rings. The lowest BCUT2D eigenvalue weighted by molar-refractivity contribution is 0.726. The summed E-state index contributed by atoms with van der Waals surface area (Å²) in [6.45, 7) is 0. The Morgan fingerprint density at radius 1 is 1.07 bits per heavy atom. The number of benzene rings is 1. The standard InChI is InChI=1S/C13H16BrN/c14-9-5-1-2-6-11-10-15-13-8-4-3-7-12(11)13/h3-4,7-8,10,15H,1-2,5-6,9H2. The third kappa shape index (κ3) is 2.63. The molecule has 1 aromatic carbocycles. The Balaban J connectivity index is 2.02. The first kappa shape index (κ1) is 10.7. The lowest BCUT2D eigenvalue weighted by atomic mass is 10.1. The van der Waals surface area contributed by atoms with Gasteiger partial charge in [0.2, 0.25) is 0 Å². The van der Waals surface area contributed by atoms with Crippen molar-refractivity contribution < 1.29 is 0 Å². The number of aromatic nitrogens is 1. The molecule has 2 aromatic rings. The van der Waals surface area contributed by atoms with E-state index < -0.39 is 0 Å². The largest absolute Gasteiger partial charge is 0.361 e. The Labute approximate surface area is 99.0 Å². The monoisotopic (exact) mass is 265 g/mol. The molecule has 0 aliphatic carbocycles. The smallest absolute Gasteiger partial charge is 0.0456 e. The van der Waals surface area contributed by atoms with Gasteiger partial charge in [-0.05, 0) is 30.9 Å². The first-order valence-corrected chi connectivity index (χ1v) is 6.65. The molecule has 0 saturated carbocycles.